The Labute approximate surface area is 89.6 Å². The zero-order chi connectivity index (χ0) is 10.5. The lowest BCUT2D eigenvalue weighted by molar-refractivity contribution is 0.160. The maximum atomic E-state index is 5.74. The van der Waals surface area contributed by atoms with Crippen molar-refractivity contribution in [1.82, 2.24) is 10.3 Å². The van der Waals surface area contributed by atoms with E-state index in [0.29, 0.717) is 5.88 Å². The molecule has 0 amide bonds. The van der Waals surface area contributed by atoms with E-state index in [9.17, 15) is 0 Å². The molecule has 1 saturated heterocycles. The van der Waals surface area contributed by atoms with Gasteiger partial charge in [-0.3, -0.25) is 0 Å². The maximum absolute atomic E-state index is 5.74. The van der Waals surface area contributed by atoms with Crippen LogP contribution in [0.2, 0.25) is 0 Å². The van der Waals surface area contributed by atoms with Crippen molar-refractivity contribution in [3.05, 3.63) is 18.3 Å². The summed E-state index contributed by atoms with van der Waals surface area (Å²) in [5.41, 5.74) is 0. The smallest absolute Gasteiger partial charge is 0.217 e. The van der Waals surface area contributed by atoms with Crippen LogP contribution in [-0.2, 0) is 0 Å². The van der Waals surface area contributed by atoms with Gasteiger partial charge in [-0.15, -0.1) is 0 Å². The molecule has 1 aromatic rings. The normalized spacial score (nSPS) is 21.0. The Morgan fingerprint density at radius 3 is 3.20 bits per heavy atom. The van der Waals surface area contributed by atoms with E-state index >= 15 is 0 Å². The summed E-state index contributed by atoms with van der Waals surface area (Å²) in [6.07, 6.45) is 4.18. The van der Waals surface area contributed by atoms with Crippen molar-refractivity contribution in [2.45, 2.75) is 18.9 Å². The molecule has 1 aromatic heterocycles. The lowest BCUT2D eigenvalue weighted by atomic mass is 10.1. The molecule has 15 heavy (non-hydrogen) atoms. The van der Waals surface area contributed by atoms with E-state index in [1.165, 1.54) is 0 Å². The number of piperidine rings is 1. The van der Waals surface area contributed by atoms with Gasteiger partial charge in [0.25, 0.3) is 0 Å². The zero-order valence-electron chi connectivity index (χ0n) is 8.90. The first-order valence-corrected chi connectivity index (χ1v) is 5.26. The topological polar surface area (TPSA) is 43.4 Å². The highest BCUT2D eigenvalue weighted by Crippen LogP contribution is 2.18. The van der Waals surface area contributed by atoms with Gasteiger partial charge in [-0.25, -0.2) is 4.98 Å². The van der Waals surface area contributed by atoms with Crippen molar-refractivity contribution in [1.29, 1.82) is 0 Å². The Bertz CT molecular complexity index is 311. The minimum atomic E-state index is 0.235. The highest BCUT2D eigenvalue weighted by molar-refractivity contribution is 5.26. The second-order valence-corrected chi connectivity index (χ2v) is 3.62. The van der Waals surface area contributed by atoms with Crippen LogP contribution in [0.4, 0.5) is 0 Å². The molecule has 0 spiro atoms. The number of hydrogen-bond donors (Lipinski definition) is 1. The van der Waals surface area contributed by atoms with E-state index in [0.717, 1.165) is 31.7 Å². The molecule has 0 bridgehead atoms. The number of hydrogen-bond acceptors (Lipinski definition) is 4. The van der Waals surface area contributed by atoms with Gasteiger partial charge in [0, 0.05) is 18.8 Å². The molecule has 1 fully saturated rings. The third kappa shape index (κ3) is 2.83. The van der Waals surface area contributed by atoms with E-state index in [1.54, 1.807) is 13.3 Å². The predicted octanol–water partition coefficient (Wildman–Crippen LogP) is 1.22. The Morgan fingerprint density at radius 2 is 2.47 bits per heavy atom. The summed E-state index contributed by atoms with van der Waals surface area (Å²) in [5, 5.41) is 3.30. The second-order valence-electron chi connectivity index (χ2n) is 3.62. The van der Waals surface area contributed by atoms with Gasteiger partial charge in [0.2, 0.25) is 5.88 Å². The molecule has 0 aromatic carbocycles. The van der Waals surface area contributed by atoms with E-state index < -0.39 is 0 Å². The van der Waals surface area contributed by atoms with Gasteiger partial charge in [-0.2, -0.15) is 0 Å². The maximum Gasteiger partial charge on any atom is 0.217 e. The summed E-state index contributed by atoms with van der Waals surface area (Å²) in [7, 11) is 1.64. The molecular weight excluding hydrogens is 192 g/mol. The zero-order valence-corrected chi connectivity index (χ0v) is 8.90. The van der Waals surface area contributed by atoms with Gasteiger partial charge in [0.05, 0.1) is 7.11 Å². The third-order valence-corrected chi connectivity index (χ3v) is 2.48. The molecule has 4 heteroatoms. The first-order chi connectivity index (χ1) is 7.38. The minimum Gasteiger partial charge on any atom is -0.497 e. The van der Waals surface area contributed by atoms with Crippen molar-refractivity contribution in [2.24, 2.45) is 0 Å². The van der Waals surface area contributed by atoms with E-state index in [1.807, 2.05) is 12.1 Å². The number of methoxy groups -OCH3 is 1. The number of nitrogens with zero attached hydrogens (tertiary/aromatic N) is 1. The fourth-order valence-electron chi connectivity index (χ4n) is 1.67. The monoisotopic (exact) mass is 208 g/mol. The van der Waals surface area contributed by atoms with E-state index in [2.05, 4.69) is 10.3 Å². The molecule has 4 nitrogen and oxygen atoms in total. The first kappa shape index (κ1) is 10.2. The van der Waals surface area contributed by atoms with Gasteiger partial charge in [-0.05, 0) is 25.5 Å². The van der Waals surface area contributed by atoms with Crippen LogP contribution < -0.4 is 14.8 Å². The van der Waals surface area contributed by atoms with Crippen LogP contribution in [0.25, 0.3) is 0 Å². The largest absolute Gasteiger partial charge is 0.497 e. The van der Waals surface area contributed by atoms with Gasteiger partial charge in [0.15, 0.2) is 0 Å². The molecule has 82 valence electrons. The quantitative estimate of drug-likeness (QED) is 0.811. The second kappa shape index (κ2) is 4.98. The van der Waals surface area contributed by atoms with Crippen LogP contribution in [0.3, 0.4) is 0 Å². The van der Waals surface area contributed by atoms with E-state index in [-0.39, 0.29) is 6.10 Å². The van der Waals surface area contributed by atoms with Gasteiger partial charge < -0.3 is 14.8 Å². The van der Waals surface area contributed by atoms with Crippen molar-refractivity contribution >= 4 is 0 Å². The van der Waals surface area contributed by atoms with Gasteiger partial charge in [-0.1, -0.05) is 0 Å². The summed E-state index contributed by atoms with van der Waals surface area (Å²) in [6, 6.07) is 3.63. The molecule has 0 aliphatic carbocycles. The molecular formula is C11H16N2O2. The minimum absolute atomic E-state index is 0.235. The lowest BCUT2D eigenvalue weighted by Gasteiger charge is -2.23. The SMILES string of the molecule is COc1ccnc(OC2CCCNC2)c1. The average Bonchev–Trinajstić information content (AvgIpc) is 2.31. The van der Waals surface area contributed by atoms with Crippen LogP contribution in [0.1, 0.15) is 12.8 Å². The fraction of sp³-hybridized carbons (Fsp3) is 0.545. The molecule has 1 aliphatic rings. The summed E-state index contributed by atoms with van der Waals surface area (Å²) in [5.74, 6) is 1.42. The Balaban J connectivity index is 1.96. The van der Waals surface area contributed by atoms with Crippen LogP contribution in [0, 0.1) is 0 Å². The van der Waals surface area contributed by atoms with E-state index in [4.69, 9.17) is 9.47 Å². The highest BCUT2D eigenvalue weighted by atomic mass is 16.5. The molecule has 2 heterocycles. The Hall–Kier alpha value is -1.29. The van der Waals surface area contributed by atoms with Crippen molar-refractivity contribution < 1.29 is 9.47 Å². The van der Waals surface area contributed by atoms with Crippen molar-refractivity contribution in [3.8, 4) is 11.6 Å². The molecule has 1 aliphatic heterocycles. The molecule has 1 N–H and O–H groups in total. The number of ether oxygens (including phenoxy) is 2. The standard InChI is InChI=1S/C11H16N2O2/c1-14-9-4-6-13-11(7-9)15-10-3-2-5-12-8-10/h4,6-7,10,12H,2-3,5,8H2,1H3. The number of aromatic nitrogens is 1. The van der Waals surface area contributed by atoms with Gasteiger partial charge >= 0.3 is 0 Å². The van der Waals surface area contributed by atoms with Gasteiger partial charge in [0.1, 0.15) is 11.9 Å². The Kier molecular flexibility index (Phi) is 3.40. The summed E-state index contributed by atoms with van der Waals surface area (Å²) in [4.78, 5) is 4.15. The molecule has 1 unspecified atom stereocenters. The van der Waals surface area contributed by atoms with Crippen LogP contribution in [0.5, 0.6) is 11.6 Å². The van der Waals surface area contributed by atoms with Crippen molar-refractivity contribution in [2.75, 3.05) is 20.2 Å². The van der Waals surface area contributed by atoms with Crippen LogP contribution in [0.15, 0.2) is 18.3 Å². The summed E-state index contributed by atoms with van der Waals surface area (Å²) < 4.78 is 10.9. The number of nitrogens with one attached hydrogen (secondary N) is 1. The molecule has 0 radical (unpaired) electrons. The lowest BCUT2D eigenvalue weighted by Crippen LogP contribution is -2.37. The molecule has 2 rings (SSSR count). The first-order valence-electron chi connectivity index (χ1n) is 5.26. The van der Waals surface area contributed by atoms with Crippen LogP contribution >= 0.6 is 0 Å². The third-order valence-electron chi connectivity index (χ3n) is 2.48. The molecule has 0 saturated carbocycles. The van der Waals surface area contributed by atoms with Crippen LogP contribution in [-0.4, -0.2) is 31.3 Å². The summed E-state index contributed by atoms with van der Waals surface area (Å²) >= 11 is 0. The van der Waals surface area contributed by atoms with Crippen molar-refractivity contribution in [3.63, 3.8) is 0 Å². The number of rotatable bonds is 3. The average molecular weight is 208 g/mol. The molecule has 1 atom stereocenters. The summed E-state index contributed by atoms with van der Waals surface area (Å²) in [6.45, 7) is 1.99. The Morgan fingerprint density at radius 1 is 1.53 bits per heavy atom. The predicted molar refractivity (Wildman–Crippen MR) is 57.3 cm³/mol. The fourth-order valence-corrected chi connectivity index (χ4v) is 1.67. The number of pyridine rings is 1. The highest BCUT2D eigenvalue weighted by Gasteiger charge is 2.14.